The Hall–Kier alpha value is -1.92. The molecule has 1 N–H and O–H groups in total. The molecule has 0 radical (unpaired) electrons. The van der Waals surface area contributed by atoms with Crippen LogP contribution in [0, 0.1) is 16.0 Å². The number of hydrogen-bond donors (Lipinski definition) is 1. The normalized spacial score (nSPS) is 14.2. The van der Waals surface area contributed by atoms with E-state index in [0.29, 0.717) is 16.1 Å². The third kappa shape index (κ3) is 1.96. The summed E-state index contributed by atoms with van der Waals surface area (Å²) in [6, 6.07) is 14.3. The highest BCUT2D eigenvalue weighted by atomic mass is 32.1. The SMILES string of the molecule is N#Cc1c(-c2ccccc2)cc(C2CC2)[nH]c1=S. The van der Waals surface area contributed by atoms with Gasteiger partial charge in [0.1, 0.15) is 10.7 Å². The molecule has 1 aromatic carbocycles. The van der Waals surface area contributed by atoms with Crippen LogP contribution in [-0.2, 0) is 0 Å². The van der Waals surface area contributed by atoms with E-state index in [0.717, 1.165) is 16.8 Å². The summed E-state index contributed by atoms with van der Waals surface area (Å²) >= 11 is 5.30. The topological polar surface area (TPSA) is 39.6 Å². The van der Waals surface area contributed by atoms with Gasteiger partial charge < -0.3 is 4.98 Å². The van der Waals surface area contributed by atoms with Gasteiger partial charge in [0.05, 0.1) is 5.56 Å². The maximum absolute atomic E-state index is 9.27. The van der Waals surface area contributed by atoms with E-state index in [1.807, 2.05) is 30.3 Å². The quantitative estimate of drug-likeness (QED) is 0.815. The summed E-state index contributed by atoms with van der Waals surface area (Å²) in [7, 11) is 0. The number of nitrogens with zero attached hydrogens (tertiary/aromatic N) is 1. The van der Waals surface area contributed by atoms with Crippen LogP contribution in [0.1, 0.15) is 30.0 Å². The molecule has 1 aromatic heterocycles. The lowest BCUT2D eigenvalue weighted by molar-refractivity contribution is 1.01. The summed E-state index contributed by atoms with van der Waals surface area (Å²) in [5.74, 6) is 0.599. The zero-order valence-electron chi connectivity index (χ0n) is 9.81. The Morgan fingerprint density at radius 3 is 2.56 bits per heavy atom. The monoisotopic (exact) mass is 252 g/mol. The van der Waals surface area contributed by atoms with Crippen molar-refractivity contribution < 1.29 is 0 Å². The summed E-state index contributed by atoms with van der Waals surface area (Å²) in [4.78, 5) is 3.19. The second-order valence-electron chi connectivity index (χ2n) is 4.59. The fraction of sp³-hybridized carbons (Fsp3) is 0.200. The van der Waals surface area contributed by atoms with Crippen LogP contribution < -0.4 is 0 Å². The molecule has 0 amide bonds. The molecule has 1 saturated carbocycles. The number of nitrogens with one attached hydrogen (secondary N) is 1. The lowest BCUT2D eigenvalue weighted by atomic mass is 10.0. The van der Waals surface area contributed by atoms with Crippen LogP contribution in [-0.4, -0.2) is 4.98 Å². The maximum Gasteiger partial charge on any atom is 0.122 e. The summed E-state index contributed by atoms with van der Waals surface area (Å²) in [6.07, 6.45) is 2.43. The Bertz CT molecular complexity index is 676. The molecule has 2 aromatic rings. The standard InChI is InChI=1S/C15H12N2S/c16-9-13-12(10-4-2-1-3-5-10)8-14(11-6-7-11)17-15(13)18/h1-5,8,11H,6-7H2,(H,17,18). The van der Waals surface area contributed by atoms with E-state index in [4.69, 9.17) is 12.2 Å². The smallest absolute Gasteiger partial charge is 0.122 e. The first-order chi connectivity index (χ1) is 8.79. The minimum atomic E-state index is 0.556. The van der Waals surface area contributed by atoms with Crippen LogP contribution in [0.4, 0.5) is 0 Å². The molecule has 0 saturated heterocycles. The maximum atomic E-state index is 9.27. The molecule has 1 fully saturated rings. The molecule has 3 rings (SSSR count). The van der Waals surface area contributed by atoms with E-state index < -0.39 is 0 Å². The van der Waals surface area contributed by atoms with Crippen molar-refractivity contribution in [3.8, 4) is 17.2 Å². The molecule has 18 heavy (non-hydrogen) atoms. The average Bonchev–Trinajstić information content (AvgIpc) is 3.23. The van der Waals surface area contributed by atoms with Crippen molar-refractivity contribution in [2.75, 3.05) is 0 Å². The van der Waals surface area contributed by atoms with Crippen LogP contribution in [0.25, 0.3) is 11.1 Å². The number of pyridine rings is 1. The van der Waals surface area contributed by atoms with Crippen molar-refractivity contribution in [2.24, 2.45) is 0 Å². The van der Waals surface area contributed by atoms with E-state index in [2.05, 4.69) is 17.1 Å². The fourth-order valence-electron chi connectivity index (χ4n) is 2.15. The minimum absolute atomic E-state index is 0.556. The largest absolute Gasteiger partial charge is 0.349 e. The molecule has 1 aliphatic carbocycles. The highest BCUT2D eigenvalue weighted by Crippen LogP contribution is 2.40. The van der Waals surface area contributed by atoms with Crippen molar-refractivity contribution >= 4 is 12.2 Å². The van der Waals surface area contributed by atoms with E-state index in [-0.39, 0.29) is 0 Å². The van der Waals surface area contributed by atoms with Gasteiger partial charge in [-0.25, -0.2) is 0 Å². The first-order valence-corrected chi connectivity index (χ1v) is 6.43. The molecular weight excluding hydrogens is 240 g/mol. The fourth-order valence-corrected chi connectivity index (χ4v) is 2.42. The molecule has 2 nitrogen and oxygen atoms in total. The van der Waals surface area contributed by atoms with Gasteiger partial charge in [-0.05, 0) is 30.4 Å². The van der Waals surface area contributed by atoms with Gasteiger partial charge in [0.25, 0.3) is 0 Å². The number of hydrogen-bond acceptors (Lipinski definition) is 2. The Morgan fingerprint density at radius 1 is 1.22 bits per heavy atom. The molecule has 0 bridgehead atoms. The highest BCUT2D eigenvalue weighted by Gasteiger charge is 2.25. The number of nitriles is 1. The van der Waals surface area contributed by atoms with Gasteiger partial charge in [0, 0.05) is 11.3 Å². The molecule has 1 aliphatic rings. The van der Waals surface area contributed by atoms with Crippen LogP contribution in [0.3, 0.4) is 0 Å². The van der Waals surface area contributed by atoms with Crippen LogP contribution in [0.15, 0.2) is 36.4 Å². The number of benzene rings is 1. The van der Waals surface area contributed by atoms with Crippen LogP contribution >= 0.6 is 12.2 Å². The highest BCUT2D eigenvalue weighted by molar-refractivity contribution is 7.71. The Kier molecular flexibility index (Phi) is 2.73. The first-order valence-electron chi connectivity index (χ1n) is 6.02. The molecule has 0 spiro atoms. The van der Waals surface area contributed by atoms with Crippen molar-refractivity contribution in [2.45, 2.75) is 18.8 Å². The van der Waals surface area contributed by atoms with E-state index in [1.54, 1.807) is 0 Å². The van der Waals surface area contributed by atoms with E-state index in [9.17, 15) is 5.26 Å². The van der Waals surface area contributed by atoms with Crippen LogP contribution in [0.2, 0.25) is 0 Å². The molecule has 0 atom stereocenters. The van der Waals surface area contributed by atoms with Gasteiger partial charge in [0.2, 0.25) is 0 Å². The van der Waals surface area contributed by atoms with Gasteiger partial charge in [-0.1, -0.05) is 42.5 Å². The van der Waals surface area contributed by atoms with Gasteiger partial charge in [0.15, 0.2) is 0 Å². The molecule has 0 unspecified atom stereocenters. The van der Waals surface area contributed by atoms with Crippen LogP contribution in [0.5, 0.6) is 0 Å². The van der Waals surface area contributed by atoms with Crippen molar-refractivity contribution in [1.82, 2.24) is 4.98 Å². The van der Waals surface area contributed by atoms with Crippen molar-refractivity contribution in [1.29, 1.82) is 5.26 Å². The predicted molar refractivity (Wildman–Crippen MR) is 73.8 cm³/mol. The molecule has 3 heteroatoms. The lowest BCUT2D eigenvalue weighted by Gasteiger charge is -2.08. The second-order valence-corrected chi connectivity index (χ2v) is 5.00. The third-order valence-corrected chi connectivity index (χ3v) is 3.57. The summed E-state index contributed by atoms with van der Waals surface area (Å²) in [6.45, 7) is 0. The second kappa shape index (κ2) is 4.40. The zero-order valence-corrected chi connectivity index (χ0v) is 10.6. The summed E-state index contributed by atoms with van der Waals surface area (Å²) in [5, 5.41) is 9.27. The molecule has 88 valence electrons. The first kappa shape index (κ1) is 11.2. The number of rotatable bonds is 2. The zero-order chi connectivity index (χ0) is 12.5. The van der Waals surface area contributed by atoms with Gasteiger partial charge in [-0.15, -0.1) is 0 Å². The summed E-state index contributed by atoms with van der Waals surface area (Å²) < 4.78 is 0.556. The van der Waals surface area contributed by atoms with E-state index >= 15 is 0 Å². The Balaban J connectivity index is 2.23. The lowest BCUT2D eigenvalue weighted by Crippen LogP contribution is -1.94. The predicted octanol–water partition coefficient (Wildman–Crippen LogP) is 4.16. The van der Waals surface area contributed by atoms with Gasteiger partial charge in [-0.3, -0.25) is 0 Å². The third-order valence-electron chi connectivity index (χ3n) is 3.27. The van der Waals surface area contributed by atoms with E-state index in [1.165, 1.54) is 12.8 Å². The number of H-pyrrole nitrogens is 1. The average molecular weight is 252 g/mol. The van der Waals surface area contributed by atoms with Gasteiger partial charge >= 0.3 is 0 Å². The minimum Gasteiger partial charge on any atom is -0.349 e. The van der Waals surface area contributed by atoms with Crippen molar-refractivity contribution in [3.63, 3.8) is 0 Å². The Morgan fingerprint density at radius 2 is 1.94 bits per heavy atom. The van der Waals surface area contributed by atoms with Gasteiger partial charge in [-0.2, -0.15) is 5.26 Å². The summed E-state index contributed by atoms with van der Waals surface area (Å²) in [5.41, 5.74) is 3.73. The molecule has 0 aliphatic heterocycles. The van der Waals surface area contributed by atoms with Crippen molar-refractivity contribution in [3.05, 3.63) is 52.3 Å². The molecule has 1 heterocycles. The molecular formula is C15H12N2S. The Labute approximate surface area is 111 Å². The number of aromatic amines is 1. The number of aromatic nitrogens is 1.